The topological polar surface area (TPSA) is 8.17 Å². The number of nitrogens with zero attached hydrogens (tertiary/aromatic N) is 2. The Morgan fingerprint density at radius 3 is 1.86 bits per heavy atom. The molecule has 0 amide bonds. The lowest BCUT2D eigenvalue weighted by molar-refractivity contribution is 0.660. The number of fused-ring (bicyclic) bond motifs is 11. The second-order valence-electron chi connectivity index (χ2n) is 20.9. The van der Waals surface area contributed by atoms with Crippen molar-refractivity contribution in [1.82, 2.24) is 4.57 Å². The molecule has 0 unspecified atom stereocenters. The predicted octanol–water partition coefficient (Wildman–Crippen LogP) is 18.5. The van der Waals surface area contributed by atoms with Gasteiger partial charge in [0.25, 0.3) is 0 Å². The molecule has 15 rings (SSSR count). The maximum Gasteiger partial charge on any atom is 0.0623 e. The van der Waals surface area contributed by atoms with E-state index in [2.05, 4.69) is 256 Å². The molecule has 0 fully saturated rings. The summed E-state index contributed by atoms with van der Waals surface area (Å²) in [7, 11) is 0. The quantitative estimate of drug-likeness (QED) is 0.167. The van der Waals surface area contributed by atoms with Gasteiger partial charge in [-0.15, -0.1) is 0 Å². The first kappa shape index (κ1) is 39.5. The normalized spacial score (nSPS) is 14.2. The SMILES string of the molecule is CC1(C)c2ccccc2-c2c(N(c3cccc(-c4ccc5ccccc5c4)c3)c3ccc4cc(-c5cc6c7c(c5)C(C)(C)c5ccc8c9ccccc9n(c8c5-7)-c5ccccc5-6)ccc4c3)cccc21. The fourth-order valence-electron chi connectivity index (χ4n) is 13.0. The summed E-state index contributed by atoms with van der Waals surface area (Å²) >= 11 is 0. The van der Waals surface area contributed by atoms with E-state index in [4.69, 9.17) is 0 Å². The van der Waals surface area contributed by atoms with Crippen LogP contribution >= 0.6 is 0 Å². The van der Waals surface area contributed by atoms with Crippen molar-refractivity contribution in [3.05, 3.63) is 241 Å². The number of rotatable bonds is 5. The minimum Gasteiger partial charge on any atom is -0.310 e. The van der Waals surface area contributed by atoms with Crippen molar-refractivity contribution in [2.24, 2.45) is 0 Å². The van der Waals surface area contributed by atoms with Crippen molar-refractivity contribution in [3.63, 3.8) is 0 Å². The Labute approximate surface area is 408 Å². The molecule has 0 saturated heterocycles. The van der Waals surface area contributed by atoms with Crippen LogP contribution in [0.2, 0.25) is 0 Å². The Morgan fingerprint density at radius 2 is 0.971 bits per heavy atom. The highest BCUT2D eigenvalue weighted by Gasteiger charge is 2.42. The summed E-state index contributed by atoms with van der Waals surface area (Å²) in [6, 6.07) is 82.3. The highest BCUT2D eigenvalue weighted by atomic mass is 15.1. The largest absolute Gasteiger partial charge is 0.310 e. The Bertz CT molecular complexity index is 4250. The van der Waals surface area contributed by atoms with E-state index in [1.165, 1.54) is 133 Å². The molecule has 12 aromatic rings. The Hall–Kier alpha value is -8.46. The minimum absolute atomic E-state index is 0.124. The Balaban J connectivity index is 0.897. The second kappa shape index (κ2) is 14.1. The summed E-state index contributed by atoms with van der Waals surface area (Å²) in [6.45, 7) is 9.58. The van der Waals surface area contributed by atoms with Gasteiger partial charge in [0.05, 0.1) is 22.4 Å². The molecule has 0 atom stereocenters. The molecule has 0 N–H and O–H groups in total. The molecule has 0 radical (unpaired) electrons. The van der Waals surface area contributed by atoms with E-state index < -0.39 is 0 Å². The molecule has 2 aliphatic carbocycles. The van der Waals surface area contributed by atoms with Gasteiger partial charge in [-0.1, -0.05) is 179 Å². The average molecular weight is 893 g/mol. The van der Waals surface area contributed by atoms with Crippen LogP contribution in [-0.4, -0.2) is 4.57 Å². The van der Waals surface area contributed by atoms with Gasteiger partial charge in [0.15, 0.2) is 0 Å². The van der Waals surface area contributed by atoms with E-state index in [1.807, 2.05) is 0 Å². The number of aromatic nitrogens is 1. The molecule has 70 heavy (non-hydrogen) atoms. The third kappa shape index (κ3) is 5.34. The lowest BCUT2D eigenvalue weighted by Crippen LogP contribution is -2.16. The van der Waals surface area contributed by atoms with Crippen LogP contribution in [0.25, 0.3) is 105 Å². The second-order valence-corrected chi connectivity index (χ2v) is 20.9. The van der Waals surface area contributed by atoms with E-state index in [0.717, 1.165) is 11.4 Å². The van der Waals surface area contributed by atoms with Crippen molar-refractivity contribution in [1.29, 1.82) is 0 Å². The van der Waals surface area contributed by atoms with E-state index >= 15 is 0 Å². The zero-order valence-corrected chi connectivity index (χ0v) is 39.7. The van der Waals surface area contributed by atoms with Crippen LogP contribution in [0.15, 0.2) is 218 Å². The molecule has 0 saturated carbocycles. The van der Waals surface area contributed by atoms with Crippen LogP contribution in [0.4, 0.5) is 17.1 Å². The fourth-order valence-corrected chi connectivity index (χ4v) is 13.0. The van der Waals surface area contributed by atoms with Crippen LogP contribution < -0.4 is 4.90 Å². The first-order valence-corrected chi connectivity index (χ1v) is 24.7. The summed E-state index contributed by atoms with van der Waals surface area (Å²) in [5, 5.41) is 7.54. The number of benzene rings is 11. The highest BCUT2D eigenvalue weighted by molar-refractivity contribution is 6.19. The summed E-state index contributed by atoms with van der Waals surface area (Å²) in [6.07, 6.45) is 0. The third-order valence-electron chi connectivity index (χ3n) is 16.4. The van der Waals surface area contributed by atoms with Gasteiger partial charge in [-0.25, -0.2) is 0 Å². The zero-order valence-electron chi connectivity index (χ0n) is 39.7. The molecule has 2 nitrogen and oxygen atoms in total. The number of anilines is 3. The number of hydrogen-bond acceptors (Lipinski definition) is 1. The molecule has 2 heteroatoms. The summed E-state index contributed by atoms with van der Waals surface area (Å²) in [5.41, 5.74) is 25.3. The van der Waals surface area contributed by atoms with E-state index in [1.54, 1.807) is 0 Å². The first-order chi connectivity index (χ1) is 34.2. The molecule has 1 aliphatic heterocycles. The van der Waals surface area contributed by atoms with Crippen LogP contribution in [0.5, 0.6) is 0 Å². The van der Waals surface area contributed by atoms with Crippen LogP contribution in [0.3, 0.4) is 0 Å². The standard InChI is InChI=1S/C68H48N2/c1-67(2)56-22-10-7-21-54(56)63-57(67)23-14-26-62(63)69(49-18-13-17-43(37-49)44-28-27-41-15-5-6-16-42(41)35-44)50-32-31-45-36-46(29-30-47(45)38-50)48-39-55-52-20-9-12-25-61(52)70-60-24-11-8-19-51(60)53-33-34-58-65(66(53)70)64(55)59(40-48)68(58,3)4/h5-40H,1-4H3. The Kier molecular flexibility index (Phi) is 7.94. The van der Waals surface area contributed by atoms with Gasteiger partial charge in [0, 0.05) is 49.7 Å². The van der Waals surface area contributed by atoms with E-state index in [0.29, 0.717) is 0 Å². The van der Waals surface area contributed by atoms with Gasteiger partial charge in [0.1, 0.15) is 0 Å². The van der Waals surface area contributed by atoms with Crippen molar-refractivity contribution >= 4 is 60.4 Å². The summed E-state index contributed by atoms with van der Waals surface area (Å²) in [4.78, 5) is 2.50. The van der Waals surface area contributed by atoms with Crippen molar-refractivity contribution in [2.75, 3.05) is 4.90 Å². The molecule has 0 spiro atoms. The van der Waals surface area contributed by atoms with Crippen LogP contribution in [-0.2, 0) is 10.8 Å². The van der Waals surface area contributed by atoms with Gasteiger partial charge in [-0.2, -0.15) is 0 Å². The molecule has 3 aliphatic rings. The number of para-hydroxylation sites is 2. The predicted molar refractivity (Wildman–Crippen MR) is 295 cm³/mol. The molecule has 2 heterocycles. The monoisotopic (exact) mass is 892 g/mol. The number of hydrogen-bond donors (Lipinski definition) is 0. The maximum atomic E-state index is 2.55. The van der Waals surface area contributed by atoms with Crippen molar-refractivity contribution in [3.8, 4) is 61.3 Å². The molecule has 11 aromatic carbocycles. The molecule has 1 aromatic heterocycles. The molecule has 330 valence electrons. The molecule has 0 bridgehead atoms. The molecular weight excluding hydrogens is 845 g/mol. The maximum absolute atomic E-state index is 2.55. The Morgan fingerprint density at radius 1 is 0.343 bits per heavy atom. The van der Waals surface area contributed by atoms with Gasteiger partial charge in [0.2, 0.25) is 0 Å². The fraction of sp³-hybridized carbons (Fsp3) is 0.0882. The lowest BCUT2D eigenvalue weighted by Gasteiger charge is -2.29. The van der Waals surface area contributed by atoms with Crippen LogP contribution in [0, 0.1) is 0 Å². The van der Waals surface area contributed by atoms with Crippen LogP contribution in [0.1, 0.15) is 49.9 Å². The lowest BCUT2D eigenvalue weighted by atomic mass is 9.80. The average Bonchev–Trinajstić information content (AvgIpc) is 3.91. The van der Waals surface area contributed by atoms with Gasteiger partial charge in [-0.05, 0) is 149 Å². The van der Waals surface area contributed by atoms with E-state index in [9.17, 15) is 0 Å². The van der Waals surface area contributed by atoms with Gasteiger partial charge < -0.3 is 9.47 Å². The molecular formula is C68H48N2. The van der Waals surface area contributed by atoms with Crippen molar-refractivity contribution in [2.45, 2.75) is 38.5 Å². The minimum atomic E-state index is -0.175. The summed E-state index contributed by atoms with van der Waals surface area (Å²) in [5.74, 6) is 0. The zero-order chi connectivity index (χ0) is 46.6. The third-order valence-corrected chi connectivity index (χ3v) is 16.4. The van der Waals surface area contributed by atoms with Gasteiger partial charge >= 0.3 is 0 Å². The van der Waals surface area contributed by atoms with Gasteiger partial charge in [-0.3, -0.25) is 0 Å². The smallest absolute Gasteiger partial charge is 0.0623 e. The highest BCUT2D eigenvalue weighted by Crippen LogP contribution is 2.59. The summed E-state index contributed by atoms with van der Waals surface area (Å²) < 4.78 is 2.55. The van der Waals surface area contributed by atoms with Crippen molar-refractivity contribution < 1.29 is 0 Å². The van der Waals surface area contributed by atoms with E-state index in [-0.39, 0.29) is 10.8 Å². The first-order valence-electron chi connectivity index (χ1n) is 24.7.